The van der Waals surface area contributed by atoms with Gasteiger partial charge in [0.25, 0.3) is 0 Å². The van der Waals surface area contributed by atoms with Gasteiger partial charge in [-0.15, -0.1) is 10.2 Å². The smallest absolute Gasteiger partial charge is 0.337 e. The lowest BCUT2D eigenvalue weighted by Gasteiger charge is -2.07. The van der Waals surface area contributed by atoms with E-state index in [1.54, 1.807) is 24.3 Å². The van der Waals surface area contributed by atoms with Crippen molar-refractivity contribution in [2.24, 2.45) is 0 Å². The average Bonchev–Trinajstić information content (AvgIpc) is 3.19. The van der Waals surface area contributed by atoms with Crippen LogP contribution in [0.3, 0.4) is 0 Å². The number of carbonyl (C=O) groups excluding carboxylic acids is 2. The monoisotopic (exact) mass is 387 g/mol. The molecule has 27 heavy (non-hydrogen) atoms. The molecular formula is C18H14ClN3O5. The molecule has 0 atom stereocenters. The molecule has 1 heterocycles. The van der Waals surface area contributed by atoms with Crippen LogP contribution in [-0.4, -0.2) is 36.3 Å². The second-order valence-electron chi connectivity index (χ2n) is 5.28. The van der Waals surface area contributed by atoms with Crippen LogP contribution in [0.4, 0.5) is 5.69 Å². The van der Waals surface area contributed by atoms with E-state index in [2.05, 4.69) is 20.3 Å². The Labute approximate surface area is 159 Å². The summed E-state index contributed by atoms with van der Waals surface area (Å²) in [7, 11) is 2.80. The largest absolute Gasteiger partial charge is 0.497 e. The number of amides is 1. The van der Waals surface area contributed by atoms with Gasteiger partial charge in [-0.3, -0.25) is 4.79 Å². The molecule has 1 aromatic heterocycles. The van der Waals surface area contributed by atoms with Crippen LogP contribution in [0.2, 0.25) is 5.02 Å². The van der Waals surface area contributed by atoms with Gasteiger partial charge in [-0.05, 0) is 36.4 Å². The Balaban J connectivity index is 1.81. The second kappa shape index (κ2) is 7.88. The van der Waals surface area contributed by atoms with Crippen molar-refractivity contribution in [2.45, 2.75) is 0 Å². The zero-order chi connectivity index (χ0) is 19.4. The molecule has 2 aromatic carbocycles. The predicted molar refractivity (Wildman–Crippen MR) is 97.0 cm³/mol. The molecule has 8 nitrogen and oxygen atoms in total. The number of halogens is 1. The van der Waals surface area contributed by atoms with Crippen molar-refractivity contribution in [3.63, 3.8) is 0 Å². The van der Waals surface area contributed by atoms with E-state index in [1.165, 1.54) is 32.4 Å². The standard InChI is InChI=1S/C18H14ClN3O5/c1-25-12-5-3-4-10(8-12)16-21-22-17(27-16)15(23)20-14-9-11(18(24)26-2)6-7-13(14)19/h3-9H,1-2H3,(H,20,23). The van der Waals surface area contributed by atoms with Crippen LogP contribution in [0.1, 0.15) is 21.0 Å². The van der Waals surface area contributed by atoms with E-state index in [4.69, 9.17) is 20.8 Å². The molecule has 0 unspecified atom stereocenters. The fourth-order valence-electron chi connectivity index (χ4n) is 2.23. The van der Waals surface area contributed by atoms with Crippen LogP contribution < -0.4 is 10.1 Å². The molecule has 0 spiro atoms. The molecule has 9 heteroatoms. The maximum absolute atomic E-state index is 12.4. The highest BCUT2D eigenvalue weighted by Gasteiger charge is 2.18. The summed E-state index contributed by atoms with van der Waals surface area (Å²) in [6.07, 6.45) is 0. The number of ether oxygens (including phenoxy) is 2. The van der Waals surface area contributed by atoms with E-state index in [0.717, 1.165) is 0 Å². The van der Waals surface area contributed by atoms with Crippen molar-refractivity contribution in [1.82, 2.24) is 10.2 Å². The molecule has 3 aromatic rings. The number of carbonyl (C=O) groups is 2. The van der Waals surface area contributed by atoms with Gasteiger partial charge in [-0.2, -0.15) is 0 Å². The fourth-order valence-corrected chi connectivity index (χ4v) is 2.39. The lowest BCUT2D eigenvalue weighted by Crippen LogP contribution is -2.13. The normalized spacial score (nSPS) is 10.3. The number of hydrogen-bond acceptors (Lipinski definition) is 7. The number of nitrogens with one attached hydrogen (secondary N) is 1. The highest BCUT2D eigenvalue weighted by molar-refractivity contribution is 6.34. The third kappa shape index (κ3) is 4.06. The summed E-state index contributed by atoms with van der Waals surface area (Å²) < 4.78 is 15.2. The molecular weight excluding hydrogens is 374 g/mol. The summed E-state index contributed by atoms with van der Waals surface area (Å²) >= 11 is 6.06. The molecule has 0 aliphatic rings. The first-order chi connectivity index (χ1) is 13.0. The molecule has 0 radical (unpaired) electrons. The van der Waals surface area contributed by atoms with Crippen molar-refractivity contribution in [3.8, 4) is 17.2 Å². The molecule has 0 aliphatic carbocycles. The third-order valence-corrected chi connectivity index (χ3v) is 3.90. The number of hydrogen-bond donors (Lipinski definition) is 1. The Morgan fingerprint density at radius 3 is 2.67 bits per heavy atom. The first-order valence-corrected chi connectivity index (χ1v) is 8.06. The number of esters is 1. The van der Waals surface area contributed by atoms with Crippen molar-refractivity contribution in [2.75, 3.05) is 19.5 Å². The Morgan fingerprint density at radius 2 is 1.93 bits per heavy atom. The lowest BCUT2D eigenvalue weighted by atomic mass is 10.2. The molecule has 0 saturated carbocycles. The number of rotatable bonds is 5. The van der Waals surface area contributed by atoms with Crippen LogP contribution in [0, 0.1) is 0 Å². The number of anilines is 1. The zero-order valence-corrected chi connectivity index (χ0v) is 15.1. The highest BCUT2D eigenvalue weighted by Crippen LogP contribution is 2.25. The minimum atomic E-state index is -0.666. The first-order valence-electron chi connectivity index (χ1n) is 7.69. The van der Waals surface area contributed by atoms with Gasteiger partial charge in [-0.25, -0.2) is 4.79 Å². The van der Waals surface area contributed by atoms with Crippen LogP contribution >= 0.6 is 11.6 Å². The number of nitrogens with zero attached hydrogens (tertiary/aromatic N) is 2. The number of methoxy groups -OCH3 is 2. The molecule has 1 amide bonds. The molecule has 138 valence electrons. The van der Waals surface area contributed by atoms with Crippen LogP contribution in [-0.2, 0) is 4.74 Å². The molecule has 0 saturated heterocycles. The van der Waals surface area contributed by atoms with Gasteiger partial charge in [-0.1, -0.05) is 17.7 Å². The quantitative estimate of drug-likeness (QED) is 0.668. The Morgan fingerprint density at radius 1 is 1.11 bits per heavy atom. The molecule has 0 aliphatic heterocycles. The van der Waals surface area contributed by atoms with Crippen LogP contribution in [0.15, 0.2) is 46.9 Å². The van der Waals surface area contributed by atoms with E-state index >= 15 is 0 Å². The molecule has 1 N–H and O–H groups in total. The van der Waals surface area contributed by atoms with Gasteiger partial charge >= 0.3 is 17.8 Å². The van der Waals surface area contributed by atoms with E-state index in [-0.39, 0.29) is 28.1 Å². The van der Waals surface area contributed by atoms with E-state index in [1.807, 2.05) is 0 Å². The third-order valence-electron chi connectivity index (χ3n) is 3.57. The SMILES string of the molecule is COC(=O)c1ccc(Cl)c(NC(=O)c2nnc(-c3cccc(OC)c3)o2)c1. The highest BCUT2D eigenvalue weighted by atomic mass is 35.5. The van der Waals surface area contributed by atoms with E-state index < -0.39 is 11.9 Å². The number of aromatic nitrogens is 2. The van der Waals surface area contributed by atoms with Crippen molar-refractivity contribution < 1.29 is 23.5 Å². The Bertz CT molecular complexity index is 1000. The van der Waals surface area contributed by atoms with E-state index in [9.17, 15) is 9.59 Å². The van der Waals surface area contributed by atoms with Crippen molar-refractivity contribution in [1.29, 1.82) is 0 Å². The van der Waals surface area contributed by atoms with Gasteiger partial charge in [0.2, 0.25) is 5.89 Å². The van der Waals surface area contributed by atoms with Crippen molar-refractivity contribution in [3.05, 3.63) is 58.9 Å². The minimum Gasteiger partial charge on any atom is -0.497 e. The van der Waals surface area contributed by atoms with Crippen molar-refractivity contribution >= 4 is 29.2 Å². The van der Waals surface area contributed by atoms with Gasteiger partial charge in [0.15, 0.2) is 0 Å². The van der Waals surface area contributed by atoms with Gasteiger partial charge < -0.3 is 19.2 Å². The van der Waals surface area contributed by atoms with E-state index in [0.29, 0.717) is 11.3 Å². The van der Waals surface area contributed by atoms with Gasteiger partial charge in [0, 0.05) is 5.56 Å². The summed E-state index contributed by atoms with van der Waals surface area (Å²) in [5.41, 5.74) is 1.05. The minimum absolute atomic E-state index is 0.161. The first kappa shape index (κ1) is 18.4. The van der Waals surface area contributed by atoms with Crippen LogP contribution in [0.5, 0.6) is 5.75 Å². The lowest BCUT2D eigenvalue weighted by molar-refractivity contribution is 0.0600. The molecule has 0 bridgehead atoms. The topological polar surface area (TPSA) is 104 Å². The zero-order valence-electron chi connectivity index (χ0n) is 14.4. The maximum atomic E-state index is 12.4. The predicted octanol–water partition coefficient (Wildman–Crippen LogP) is 3.44. The van der Waals surface area contributed by atoms with Crippen LogP contribution in [0.25, 0.3) is 11.5 Å². The summed E-state index contributed by atoms with van der Waals surface area (Å²) in [5.74, 6) is -0.704. The number of benzene rings is 2. The fraction of sp³-hybridized carbons (Fsp3) is 0.111. The Kier molecular flexibility index (Phi) is 5.37. The van der Waals surface area contributed by atoms with Gasteiger partial charge in [0.1, 0.15) is 5.75 Å². The summed E-state index contributed by atoms with van der Waals surface area (Å²) in [4.78, 5) is 24.0. The summed E-state index contributed by atoms with van der Waals surface area (Å²) in [6, 6.07) is 11.3. The summed E-state index contributed by atoms with van der Waals surface area (Å²) in [6.45, 7) is 0. The second-order valence-corrected chi connectivity index (χ2v) is 5.69. The van der Waals surface area contributed by atoms with Gasteiger partial charge in [0.05, 0.1) is 30.5 Å². The maximum Gasteiger partial charge on any atom is 0.337 e. The Hall–Kier alpha value is -3.39. The molecule has 0 fully saturated rings. The summed E-state index contributed by atoms with van der Waals surface area (Å²) in [5, 5.41) is 10.4. The molecule has 3 rings (SSSR count). The average molecular weight is 388 g/mol.